The number of rotatable bonds is 7. The minimum atomic E-state index is -0.826. The van der Waals surface area contributed by atoms with Gasteiger partial charge in [-0.25, -0.2) is 13.8 Å². The van der Waals surface area contributed by atoms with E-state index in [1.807, 2.05) is 11.0 Å². The van der Waals surface area contributed by atoms with Crippen molar-refractivity contribution < 1.29 is 23.1 Å². The lowest BCUT2D eigenvalue weighted by atomic mass is 9.84. The normalized spacial score (nSPS) is 22.5. The highest BCUT2D eigenvalue weighted by atomic mass is 19.1. The lowest BCUT2D eigenvalue weighted by Gasteiger charge is -2.35. The van der Waals surface area contributed by atoms with Gasteiger partial charge in [0.1, 0.15) is 24.1 Å². The molecule has 2 aliphatic heterocycles. The van der Waals surface area contributed by atoms with Crippen molar-refractivity contribution in [3.63, 3.8) is 0 Å². The fraction of sp³-hybridized carbons (Fsp3) is 0.517. The van der Waals surface area contributed by atoms with Gasteiger partial charge in [0.15, 0.2) is 0 Å². The van der Waals surface area contributed by atoms with E-state index in [4.69, 9.17) is 4.74 Å². The minimum Gasteiger partial charge on any atom is -0.476 e. The van der Waals surface area contributed by atoms with Gasteiger partial charge in [0.2, 0.25) is 11.8 Å². The molecule has 0 atom stereocenters. The van der Waals surface area contributed by atoms with Crippen molar-refractivity contribution in [3.8, 4) is 5.88 Å². The molecule has 0 unspecified atom stereocenters. The third-order valence-electron chi connectivity index (χ3n) is 7.95. The number of fused-ring (bicyclic) bond motifs is 1. The highest BCUT2D eigenvalue weighted by Gasteiger charge is 2.36. The van der Waals surface area contributed by atoms with E-state index in [9.17, 15) is 18.4 Å². The van der Waals surface area contributed by atoms with Crippen molar-refractivity contribution >= 4 is 23.3 Å². The van der Waals surface area contributed by atoms with E-state index in [1.165, 1.54) is 19.3 Å². The molecule has 3 aliphatic rings. The lowest BCUT2D eigenvalue weighted by Crippen LogP contribution is -2.42. The highest BCUT2D eigenvalue weighted by molar-refractivity contribution is 6.12. The average molecular weight is 540 g/mol. The van der Waals surface area contributed by atoms with Gasteiger partial charge in [-0.3, -0.25) is 14.5 Å². The number of aromatic nitrogens is 1. The van der Waals surface area contributed by atoms with Crippen molar-refractivity contribution in [2.45, 2.75) is 57.4 Å². The number of nitrogens with zero attached hydrogens (tertiary/aromatic N) is 4. The molecule has 1 saturated carbocycles. The smallest absolute Gasteiger partial charge is 0.278 e. The molecule has 8 nitrogen and oxygen atoms in total. The molecule has 10 heteroatoms. The SMILES string of the molecule is CNC(=O)C1CCC(N2C(=NC(=O)c3cc(F)cc(F)c3)Cc3cnc(OCCN4CCCCC4)cc32)CC1. The summed E-state index contributed by atoms with van der Waals surface area (Å²) in [6.07, 6.45) is 8.77. The number of aliphatic imine (C=N–C) groups is 1. The van der Waals surface area contributed by atoms with Crippen molar-refractivity contribution in [3.05, 3.63) is 53.2 Å². The van der Waals surface area contributed by atoms with Crippen LogP contribution in [0.1, 0.15) is 60.9 Å². The molecular weight excluding hydrogens is 504 g/mol. The summed E-state index contributed by atoms with van der Waals surface area (Å²) in [6, 6.07) is 4.63. The molecule has 0 radical (unpaired) electrons. The molecule has 5 rings (SSSR count). The third-order valence-corrected chi connectivity index (χ3v) is 7.95. The quantitative estimate of drug-likeness (QED) is 0.570. The van der Waals surface area contributed by atoms with E-state index in [0.29, 0.717) is 24.7 Å². The summed E-state index contributed by atoms with van der Waals surface area (Å²) in [5.41, 5.74) is 1.64. The fourth-order valence-corrected chi connectivity index (χ4v) is 5.91. The van der Waals surface area contributed by atoms with Gasteiger partial charge in [-0.1, -0.05) is 6.42 Å². The predicted molar refractivity (Wildman–Crippen MR) is 144 cm³/mol. The summed E-state index contributed by atoms with van der Waals surface area (Å²) in [4.78, 5) is 38.4. The first-order valence-corrected chi connectivity index (χ1v) is 13.8. The largest absolute Gasteiger partial charge is 0.476 e. The highest BCUT2D eigenvalue weighted by Crippen LogP contribution is 2.38. The molecule has 1 aliphatic carbocycles. The Morgan fingerprint density at radius 3 is 2.46 bits per heavy atom. The molecule has 3 heterocycles. The Bertz CT molecular complexity index is 1220. The van der Waals surface area contributed by atoms with Crippen LogP contribution in [0.15, 0.2) is 35.5 Å². The Hall–Kier alpha value is -3.40. The van der Waals surface area contributed by atoms with Crippen LogP contribution in [-0.2, 0) is 11.2 Å². The summed E-state index contributed by atoms with van der Waals surface area (Å²) < 4.78 is 33.6. The molecule has 2 fully saturated rings. The first-order valence-electron chi connectivity index (χ1n) is 13.8. The molecule has 39 heavy (non-hydrogen) atoms. The molecule has 1 saturated heterocycles. The van der Waals surface area contributed by atoms with Gasteiger partial charge in [-0.2, -0.15) is 4.99 Å². The summed E-state index contributed by atoms with van der Waals surface area (Å²) >= 11 is 0. The number of halogens is 2. The van der Waals surface area contributed by atoms with Crippen molar-refractivity contribution in [1.82, 2.24) is 15.2 Å². The van der Waals surface area contributed by atoms with E-state index in [1.54, 1.807) is 13.2 Å². The fourth-order valence-electron chi connectivity index (χ4n) is 5.91. The molecule has 1 N–H and O–H groups in total. The van der Waals surface area contributed by atoms with Crippen LogP contribution in [0.2, 0.25) is 0 Å². The zero-order valence-corrected chi connectivity index (χ0v) is 22.3. The Morgan fingerprint density at radius 2 is 1.77 bits per heavy atom. The second-order valence-corrected chi connectivity index (χ2v) is 10.6. The number of piperidine rings is 1. The first kappa shape index (κ1) is 27.2. The number of ether oxygens (including phenoxy) is 1. The number of anilines is 1. The number of nitrogens with one attached hydrogen (secondary N) is 1. The summed E-state index contributed by atoms with van der Waals surface area (Å²) in [5, 5.41) is 2.74. The number of likely N-dealkylation sites (tertiary alicyclic amines) is 1. The zero-order chi connectivity index (χ0) is 27.4. The van der Waals surface area contributed by atoms with Crippen LogP contribution in [-0.4, -0.2) is 66.9 Å². The van der Waals surface area contributed by atoms with Crippen LogP contribution in [0.4, 0.5) is 14.5 Å². The number of amidine groups is 1. The summed E-state index contributed by atoms with van der Waals surface area (Å²) in [7, 11) is 1.65. The van der Waals surface area contributed by atoms with Gasteiger partial charge >= 0.3 is 0 Å². The van der Waals surface area contributed by atoms with Gasteiger partial charge in [0.05, 0.1) is 5.69 Å². The molecule has 2 amide bonds. The van der Waals surface area contributed by atoms with Crippen LogP contribution >= 0.6 is 0 Å². The Balaban J connectivity index is 1.37. The van der Waals surface area contributed by atoms with Gasteiger partial charge in [0, 0.05) is 61.4 Å². The van der Waals surface area contributed by atoms with Crippen LogP contribution in [0, 0.1) is 17.6 Å². The first-order chi connectivity index (χ1) is 18.9. The maximum absolute atomic E-state index is 13.8. The van der Waals surface area contributed by atoms with Gasteiger partial charge in [0.25, 0.3) is 5.91 Å². The topological polar surface area (TPSA) is 87.1 Å². The number of hydrogen-bond acceptors (Lipinski definition) is 5. The van der Waals surface area contributed by atoms with Crippen molar-refractivity contribution in [2.24, 2.45) is 10.9 Å². The number of carbonyl (C=O) groups is 2. The number of carbonyl (C=O) groups excluding carboxylic acids is 2. The molecule has 1 aromatic heterocycles. The van der Waals surface area contributed by atoms with Crippen LogP contribution in [0.5, 0.6) is 5.88 Å². The Kier molecular flexibility index (Phi) is 8.50. The number of amides is 2. The lowest BCUT2D eigenvalue weighted by molar-refractivity contribution is -0.125. The van der Waals surface area contributed by atoms with Crippen LogP contribution in [0.25, 0.3) is 0 Å². The Labute approximate surface area is 227 Å². The average Bonchev–Trinajstić information content (AvgIpc) is 3.29. The standard InChI is InChI=1S/C29H35F2N5O3/c1-32-28(37)19-5-7-24(8-6-19)36-25-17-27(39-12-11-35-9-3-2-4-10-35)33-18-21(25)15-26(36)34-29(38)20-13-22(30)16-23(31)14-20/h13-14,16-19,24H,2-12,15H2,1H3,(H,32,37). The van der Waals surface area contributed by atoms with E-state index in [0.717, 1.165) is 74.8 Å². The number of hydrogen-bond donors (Lipinski definition) is 1. The van der Waals surface area contributed by atoms with Crippen LogP contribution in [0.3, 0.4) is 0 Å². The minimum absolute atomic E-state index is 0.0200. The summed E-state index contributed by atoms with van der Waals surface area (Å²) in [6.45, 7) is 3.57. The van der Waals surface area contributed by atoms with E-state index in [-0.39, 0.29) is 23.4 Å². The van der Waals surface area contributed by atoms with Gasteiger partial charge in [-0.05, 0) is 63.7 Å². The monoisotopic (exact) mass is 539 g/mol. The number of pyridine rings is 1. The zero-order valence-electron chi connectivity index (χ0n) is 22.3. The third kappa shape index (κ3) is 6.43. The molecule has 2 aromatic rings. The molecule has 208 valence electrons. The van der Waals surface area contributed by atoms with E-state index >= 15 is 0 Å². The van der Waals surface area contributed by atoms with E-state index < -0.39 is 17.5 Å². The van der Waals surface area contributed by atoms with E-state index in [2.05, 4.69) is 20.2 Å². The maximum atomic E-state index is 13.8. The molecule has 1 aromatic carbocycles. The van der Waals surface area contributed by atoms with Crippen molar-refractivity contribution in [1.29, 1.82) is 0 Å². The predicted octanol–water partition coefficient (Wildman–Crippen LogP) is 4.13. The second-order valence-electron chi connectivity index (χ2n) is 10.6. The maximum Gasteiger partial charge on any atom is 0.278 e. The second kappa shape index (κ2) is 12.2. The van der Waals surface area contributed by atoms with Crippen molar-refractivity contribution in [2.75, 3.05) is 38.2 Å². The van der Waals surface area contributed by atoms with Gasteiger partial charge in [-0.15, -0.1) is 0 Å². The van der Waals surface area contributed by atoms with Gasteiger partial charge < -0.3 is 15.0 Å². The molecule has 0 spiro atoms. The Morgan fingerprint density at radius 1 is 1.05 bits per heavy atom. The molecular formula is C29H35F2N5O3. The summed E-state index contributed by atoms with van der Waals surface area (Å²) in [5.74, 6) is -1.34. The molecule has 0 bridgehead atoms. The van der Waals surface area contributed by atoms with Crippen LogP contribution < -0.4 is 15.0 Å². The number of benzene rings is 1.